The van der Waals surface area contributed by atoms with Gasteiger partial charge in [-0.15, -0.1) is 0 Å². The predicted octanol–water partition coefficient (Wildman–Crippen LogP) is 3.66. The van der Waals surface area contributed by atoms with Crippen LogP contribution in [0.2, 0.25) is 0 Å². The van der Waals surface area contributed by atoms with Crippen LogP contribution in [0.5, 0.6) is 0 Å². The molecule has 1 heterocycles. The minimum Gasteiger partial charge on any atom is -0.369 e. The first-order valence-corrected chi connectivity index (χ1v) is 11.1. The third kappa shape index (κ3) is 5.61. The molecule has 0 aliphatic carbocycles. The molecule has 1 aliphatic heterocycles. The summed E-state index contributed by atoms with van der Waals surface area (Å²) in [5, 5.41) is 2.81. The molecule has 0 saturated carbocycles. The highest BCUT2D eigenvalue weighted by atomic mass is 16.1. The van der Waals surface area contributed by atoms with Crippen molar-refractivity contribution in [2.24, 2.45) is 11.7 Å². The molecule has 3 N–H and O–H groups in total. The maximum absolute atomic E-state index is 12.7. The molecule has 1 aliphatic rings. The Bertz CT molecular complexity index is 812. The van der Waals surface area contributed by atoms with Crippen LogP contribution in [-0.2, 0) is 4.79 Å². The standard InChI is InChI=1S/C25H36N4O/c1-4-19(2)16-24(25(30)27-18-26)22-7-5-6-21(17-22)20-8-10-23(11-9-20)29-14-12-28(3)13-15-29/h5-11,17,19,24H,4,12-16,18,26H2,1-3H3,(H,27,30)/t19-,24?/m0/s1. The van der Waals surface area contributed by atoms with Crippen molar-refractivity contribution in [3.05, 3.63) is 54.1 Å². The third-order valence-corrected chi connectivity index (χ3v) is 6.29. The molecular weight excluding hydrogens is 372 g/mol. The summed E-state index contributed by atoms with van der Waals surface area (Å²) in [5.41, 5.74) is 10.2. The topological polar surface area (TPSA) is 61.6 Å². The second kappa shape index (κ2) is 10.6. The number of likely N-dealkylation sites (N-methyl/N-ethyl adjacent to an activating group) is 1. The van der Waals surface area contributed by atoms with E-state index in [9.17, 15) is 4.79 Å². The maximum Gasteiger partial charge on any atom is 0.228 e. The summed E-state index contributed by atoms with van der Waals surface area (Å²) in [4.78, 5) is 17.5. The van der Waals surface area contributed by atoms with Gasteiger partial charge in [-0.2, -0.15) is 0 Å². The van der Waals surface area contributed by atoms with Crippen molar-refractivity contribution in [1.29, 1.82) is 0 Å². The van der Waals surface area contributed by atoms with Gasteiger partial charge in [0.1, 0.15) is 0 Å². The van der Waals surface area contributed by atoms with Gasteiger partial charge in [0.15, 0.2) is 0 Å². The molecule has 0 bridgehead atoms. The van der Waals surface area contributed by atoms with Gasteiger partial charge in [0.25, 0.3) is 0 Å². The lowest BCUT2D eigenvalue weighted by molar-refractivity contribution is -0.122. The first-order valence-electron chi connectivity index (χ1n) is 11.1. The molecular formula is C25H36N4O. The molecule has 2 aromatic rings. The van der Waals surface area contributed by atoms with Gasteiger partial charge in [0, 0.05) is 31.9 Å². The molecule has 0 spiro atoms. The first kappa shape index (κ1) is 22.3. The summed E-state index contributed by atoms with van der Waals surface area (Å²) in [6, 6.07) is 17.2. The fourth-order valence-electron chi connectivity index (χ4n) is 4.05. The number of nitrogens with zero attached hydrogens (tertiary/aromatic N) is 2. The van der Waals surface area contributed by atoms with Crippen LogP contribution < -0.4 is 16.0 Å². The monoisotopic (exact) mass is 408 g/mol. The van der Waals surface area contributed by atoms with Crippen molar-refractivity contribution in [1.82, 2.24) is 10.2 Å². The molecule has 2 atom stereocenters. The summed E-state index contributed by atoms with van der Waals surface area (Å²) < 4.78 is 0. The molecule has 1 unspecified atom stereocenters. The van der Waals surface area contributed by atoms with E-state index in [-0.39, 0.29) is 18.5 Å². The van der Waals surface area contributed by atoms with Gasteiger partial charge in [-0.25, -0.2) is 0 Å². The summed E-state index contributed by atoms with van der Waals surface area (Å²) in [5.74, 6) is 0.318. The van der Waals surface area contributed by atoms with Crippen molar-refractivity contribution in [2.45, 2.75) is 32.6 Å². The molecule has 5 nitrogen and oxygen atoms in total. The minimum atomic E-state index is -0.173. The van der Waals surface area contributed by atoms with E-state index in [1.54, 1.807) is 0 Å². The number of nitrogens with two attached hydrogens (primary N) is 1. The molecule has 1 saturated heterocycles. The second-order valence-corrected chi connectivity index (χ2v) is 8.51. The lowest BCUT2D eigenvalue weighted by atomic mass is 9.86. The number of carbonyl (C=O) groups is 1. The van der Waals surface area contributed by atoms with Gasteiger partial charge in [0.2, 0.25) is 5.91 Å². The number of hydrogen-bond acceptors (Lipinski definition) is 4. The summed E-state index contributed by atoms with van der Waals surface area (Å²) in [6.07, 6.45) is 1.88. The Morgan fingerprint density at radius 2 is 1.77 bits per heavy atom. The Kier molecular flexibility index (Phi) is 7.88. The van der Waals surface area contributed by atoms with Gasteiger partial charge >= 0.3 is 0 Å². The van der Waals surface area contributed by atoms with Crippen LogP contribution in [0.15, 0.2) is 48.5 Å². The Morgan fingerprint density at radius 1 is 1.07 bits per heavy atom. The van der Waals surface area contributed by atoms with Crippen LogP contribution in [0.3, 0.4) is 0 Å². The van der Waals surface area contributed by atoms with Crippen LogP contribution in [0.4, 0.5) is 5.69 Å². The van der Waals surface area contributed by atoms with Crippen molar-refractivity contribution >= 4 is 11.6 Å². The Labute approximate surface area is 181 Å². The van der Waals surface area contributed by atoms with E-state index >= 15 is 0 Å². The molecule has 1 fully saturated rings. The number of benzene rings is 2. The number of hydrogen-bond donors (Lipinski definition) is 2. The highest BCUT2D eigenvalue weighted by Crippen LogP contribution is 2.30. The van der Waals surface area contributed by atoms with Crippen LogP contribution in [-0.4, -0.2) is 50.7 Å². The molecule has 0 radical (unpaired) electrons. The van der Waals surface area contributed by atoms with E-state index < -0.39 is 0 Å². The van der Waals surface area contributed by atoms with Crippen LogP contribution >= 0.6 is 0 Å². The average Bonchev–Trinajstić information content (AvgIpc) is 2.78. The van der Waals surface area contributed by atoms with Gasteiger partial charge in [-0.05, 0) is 48.2 Å². The van der Waals surface area contributed by atoms with Crippen LogP contribution in [0.25, 0.3) is 11.1 Å². The normalized spacial score (nSPS) is 16.9. The zero-order valence-corrected chi connectivity index (χ0v) is 18.6. The van der Waals surface area contributed by atoms with Gasteiger partial charge < -0.3 is 20.9 Å². The molecule has 5 heteroatoms. The lowest BCUT2D eigenvalue weighted by Crippen LogP contribution is -2.44. The lowest BCUT2D eigenvalue weighted by Gasteiger charge is -2.34. The van der Waals surface area contributed by atoms with Crippen molar-refractivity contribution in [2.75, 3.05) is 44.8 Å². The number of amides is 1. The van der Waals surface area contributed by atoms with Crippen molar-refractivity contribution in [3.63, 3.8) is 0 Å². The molecule has 162 valence electrons. The smallest absolute Gasteiger partial charge is 0.228 e. The van der Waals surface area contributed by atoms with E-state index in [0.717, 1.165) is 50.1 Å². The van der Waals surface area contributed by atoms with Gasteiger partial charge in [0.05, 0.1) is 12.6 Å². The fourth-order valence-corrected chi connectivity index (χ4v) is 4.05. The summed E-state index contributed by atoms with van der Waals surface area (Å²) >= 11 is 0. The molecule has 1 amide bonds. The van der Waals surface area contributed by atoms with Crippen molar-refractivity contribution < 1.29 is 4.79 Å². The number of nitrogens with one attached hydrogen (secondary N) is 1. The van der Waals surface area contributed by atoms with E-state index in [0.29, 0.717) is 5.92 Å². The highest BCUT2D eigenvalue weighted by Gasteiger charge is 2.22. The molecule has 3 rings (SSSR count). The number of piperazine rings is 1. The molecule has 2 aromatic carbocycles. The zero-order chi connectivity index (χ0) is 21.5. The van der Waals surface area contributed by atoms with E-state index in [1.807, 2.05) is 0 Å². The van der Waals surface area contributed by atoms with Crippen molar-refractivity contribution in [3.8, 4) is 11.1 Å². The molecule has 0 aromatic heterocycles. The fraction of sp³-hybridized carbons (Fsp3) is 0.480. The van der Waals surface area contributed by atoms with Crippen LogP contribution in [0, 0.1) is 5.92 Å². The Hall–Kier alpha value is -2.37. The van der Waals surface area contributed by atoms with E-state index in [4.69, 9.17) is 5.73 Å². The summed E-state index contributed by atoms with van der Waals surface area (Å²) in [6.45, 7) is 8.88. The van der Waals surface area contributed by atoms with E-state index in [1.165, 1.54) is 11.3 Å². The number of anilines is 1. The highest BCUT2D eigenvalue weighted by molar-refractivity contribution is 5.84. The maximum atomic E-state index is 12.7. The largest absolute Gasteiger partial charge is 0.369 e. The SMILES string of the molecule is CC[C@H](C)CC(C(=O)NCN)c1cccc(-c2ccc(N3CCN(C)CC3)cc2)c1. The van der Waals surface area contributed by atoms with Gasteiger partial charge in [-0.3, -0.25) is 4.79 Å². The Morgan fingerprint density at radius 3 is 2.40 bits per heavy atom. The second-order valence-electron chi connectivity index (χ2n) is 8.51. The quantitative estimate of drug-likeness (QED) is 0.655. The molecule has 30 heavy (non-hydrogen) atoms. The first-order chi connectivity index (χ1) is 14.5. The van der Waals surface area contributed by atoms with E-state index in [2.05, 4.69) is 84.5 Å². The number of rotatable bonds is 8. The number of carbonyl (C=O) groups excluding carboxylic acids is 1. The summed E-state index contributed by atoms with van der Waals surface area (Å²) in [7, 11) is 2.18. The zero-order valence-electron chi connectivity index (χ0n) is 18.6. The van der Waals surface area contributed by atoms with Gasteiger partial charge in [-0.1, -0.05) is 56.7 Å². The minimum absolute atomic E-state index is 0.0142. The predicted molar refractivity (Wildman–Crippen MR) is 126 cm³/mol. The third-order valence-electron chi connectivity index (χ3n) is 6.29. The Balaban J connectivity index is 1.80. The average molecular weight is 409 g/mol. The van der Waals surface area contributed by atoms with Crippen LogP contribution in [0.1, 0.15) is 38.2 Å².